The first kappa shape index (κ1) is 20.1. The molecular formula is C25H25N3O2S. The number of likely N-dealkylation sites (N-methyl/N-ethyl adjacent to an activating group) is 1. The van der Waals surface area contributed by atoms with Gasteiger partial charge in [-0.05, 0) is 53.6 Å². The third-order valence-corrected chi connectivity index (χ3v) is 6.88. The number of fused-ring (bicyclic) bond motifs is 1. The van der Waals surface area contributed by atoms with Gasteiger partial charge in [-0.1, -0.05) is 24.3 Å². The van der Waals surface area contributed by atoms with Gasteiger partial charge in [0, 0.05) is 55.3 Å². The normalized spacial score (nSPS) is 16.0. The highest BCUT2D eigenvalue weighted by Gasteiger charge is 2.16. The molecule has 1 atom stereocenters. The monoisotopic (exact) mass is 431 g/mol. The number of piperazine rings is 1. The van der Waals surface area contributed by atoms with E-state index in [0.29, 0.717) is 0 Å². The number of nitrogens with zero attached hydrogens (tertiary/aromatic N) is 3. The van der Waals surface area contributed by atoms with Crippen LogP contribution in [0, 0.1) is 0 Å². The summed E-state index contributed by atoms with van der Waals surface area (Å²) in [6.07, 6.45) is 5.32. The Bertz CT molecular complexity index is 1200. The van der Waals surface area contributed by atoms with Gasteiger partial charge in [0.25, 0.3) is 0 Å². The molecule has 2 aromatic heterocycles. The summed E-state index contributed by atoms with van der Waals surface area (Å²) >= 11 is -1.03. The van der Waals surface area contributed by atoms with Crippen molar-refractivity contribution < 1.29 is 8.97 Å². The number of furan rings is 1. The Labute approximate surface area is 185 Å². The lowest BCUT2D eigenvalue weighted by Crippen LogP contribution is -2.44. The van der Waals surface area contributed by atoms with Crippen molar-refractivity contribution in [3.63, 3.8) is 0 Å². The van der Waals surface area contributed by atoms with Crippen LogP contribution in [0.1, 0.15) is 0 Å². The molecular weight excluding hydrogens is 406 g/mol. The molecule has 0 N–H and O–H groups in total. The molecule has 6 heteroatoms. The van der Waals surface area contributed by atoms with Gasteiger partial charge >= 0.3 is 0 Å². The highest BCUT2D eigenvalue weighted by molar-refractivity contribution is 7.90. The van der Waals surface area contributed by atoms with E-state index >= 15 is 0 Å². The second kappa shape index (κ2) is 8.38. The maximum atomic E-state index is 11.8. The van der Waals surface area contributed by atoms with Crippen LogP contribution in [0.2, 0.25) is 0 Å². The first-order valence-electron chi connectivity index (χ1n) is 10.4. The number of rotatable bonds is 4. The summed E-state index contributed by atoms with van der Waals surface area (Å²) < 4.78 is 17.7. The van der Waals surface area contributed by atoms with Crippen molar-refractivity contribution >= 4 is 28.0 Å². The molecule has 0 bridgehead atoms. The van der Waals surface area contributed by atoms with E-state index in [2.05, 4.69) is 41.1 Å². The average Bonchev–Trinajstić information content (AvgIpc) is 3.23. The number of aromatic nitrogens is 1. The van der Waals surface area contributed by atoms with Gasteiger partial charge in [-0.2, -0.15) is 0 Å². The fraction of sp³-hybridized carbons (Fsp3) is 0.240. The molecule has 5 nitrogen and oxygen atoms in total. The number of anilines is 1. The molecule has 0 spiro atoms. The standard InChI is InChI=1S/C25H25N3O2S/c1-27-10-12-28(13-11-27)21-8-6-18(7-9-21)20-15-24-25(26-16-20)23(17-30-24)19-4-3-5-22(14-19)31(2)29/h3-9,14-17H,10-13H2,1-2H3. The SMILES string of the molecule is CN1CCN(c2ccc(-c3cnc4c(-c5cccc([S+](C)[O-])c5)coc4c3)cc2)CC1. The van der Waals surface area contributed by atoms with E-state index < -0.39 is 11.2 Å². The van der Waals surface area contributed by atoms with E-state index in [4.69, 9.17) is 9.40 Å². The van der Waals surface area contributed by atoms with Crippen molar-refractivity contribution in [2.24, 2.45) is 0 Å². The first-order valence-corrected chi connectivity index (χ1v) is 12.0. The van der Waals surface area contributed by atoms with Gasteiger partial charge in [0.05, 0.1) is 0 Å². The minimum absolute atomic E-state index is 0.749. The minimum Gasteiger partial charge on any atom is -0.612 e. The lowest BCUT2D eigenvalue weighted by atomic mass is 10.0. The van der Waals surface area contributed by atoms with Crippen LogP contribution in [-0.2, 0) is 11.2 Å². The summed E-state index contributed by atoms with van der Waals surface area (Å²) in [6, 6.07) is 18.4. The van der Waals surface area contributed by atoms with Crippen molar-refractivity contribution in [2.45, 2.75) is 4.90 Å². The molecule has 1 unspecified atom stereocenters. The highest BCUT2D eigenvalue weighted by Crippen LogP contribution is 2.33. The Morgan fingerprint density at radius 3 is 2.45 bits per heavy atom. The zero-order valence-electron chi connectivity index (χ0n) is 17.7. The molecule has 0 radical (unpaired) electrons. The molecule has 1 aliphatic heterocycles. The van der Waals surface area contributed by atoms with Gasteiger partial charge in [-0.15, -0.1) is 0 Å². The summed E-state index contributed by atoms with van der Waals surface area (Å²) in [5, 5.41) is 0. The molecule has 1 saturated heterocycles. The molecule has 2 aromatic carbocycles. The second-order valence-electron chi connectivity index (χ2n) is 8.04. The van der Waals surface area contributed by atoms with Crippen molar-refractivity contribution in [2.75, 3.05) is 44.4 Å². The third kappa shape index (κ3) is 4.06. The summed E-state index contributed by atoms with van der Waals surface area (Å²) in [5.41, 5.74) is 6.85. The van der Waals surface area contributed by atoms with E-state index in [1.807, 2.05) is 36.5 Å². The third-order valence-electron chi connectivity index (χ3n) is 5.96. The van der Waals surface area contributed by atoms with E-state index in [1.165, 1.54) is 5.69 Å². The lowest BCUT2D eigenvalue weighted by Gasteiger charge is -2.34. The summed E-state index contributed by atoms with van der Waals surface area (Å²) in [6.45, 7) is 4.32. The average molecular weight is 432 g/mol. The fourth-order valence-electron chi connectivity index (χ4n) is 4.05. The van der Waals surface area contributed by atoms with Crippen LogP contribution in [0.4, 0.5) is 5.69 Å². The van der Waals surface area contributed by atoms with Crippen molar-refractivity contribution in [3.05, 3.63) is 67.1 Å². The number of hydrogen-bond donors (Lipinski definition) is 0. The lowest BCUT2D eigenvalue weighted by molar-refractivity contribution is 0.313. The Kier molecular flexibility index (Phi) is 5.44. The Hall–Kier alpha value is -2.80. The summed E-state index contributed by atoms with van der Waals surface area (Å²) in [7, 11) is 2.17. The predicted molar refractivity (Wildman–Crippen MR) is 127 cm³/mol. The molecule has 1 aliphatic rings. The smallest absolute Gasteiger partial charge is 0.153 e. The molecule has 31 heavy (non-hydrogen) atoms. The molecule has 0 aliphatic carbocycles. The maximum Gasteiger partial charge on any atom is 0.153 e. The fourth-order valence-corrected chi connectivity index (χ4v) is 4.61. The van der Waals surface area contributed by atoms with Gasteiger partial charge in [-0.25, -0.2) is 0 Å². The van der Waals surface area contributed by atoms with Crippen LogP contribution in [0.25, 0.3) is 33.4 Å². The predicted octanol–water partition coefficient (Wildman–Crippen LogP) is 4.65. The number of benzene rings is 2. The van der Waals surface area contributed by atoms with Gasteiger partial charge in [0.2, 0.25) is 0 Å². The molecule has 4 aromatic rings. The van der Waals surface area contributed by atoms with Gasteiger partial charge < -0.3 is 18.8 Å². The molecule has 0 saturated carbocycles. The van der Waals surface area contributed by atoms with Gasteiger partial charge in [0.1, 0.15) is 18.0 Å². The van der Waals surface area contributed by atoms with Gasteiger partial charge in [0.15, 0.2) is 10.5 Å². The van der Waals surface area contributed by atoms with Crippen LogP contribution in [0.15, 0.2) is 76.4 Å². The van der Waals surface area contributed by atoms with Crippen LogP contribution in [0.3, 0.4) is 0 Å². The Balaban J connectivity index is 1.41. The molecule has 1 fully saturated rings. The molecule has 5 rings (SSSR count). The van der Waals surface area contributed by atoms with Crippen molar-refractivity contribution in [3.8, 4) is 22.3 Å². The van der Waals surface area contributed by atoms with Crippen LogP contribution in [-0.4, -0.2) is 53.9 Å². The van der Waals surface area contributed by atoms with Crippen LogP contribution >= 0.6 is 0 Å². The first-order chi connectivity index (χ1) is 15.1. The number of hydrogen-bond acceptors (Lipinski definition) is 5. The number of pyridine rings is 1. The van der Waals surface area contributed by atoms with E-state index in [0.717, 1.165) is 64.4 Å². The molecule has 158 valence electrons. The quantitative estimate of drug-likeness (QED) is 0.440. The zero-order chi connectivity index (χ0) is 21.4. The van der Waals surface area contributed by atoms with Crippen LogP contribution in [0.5, 0.6) is 0 Å². The highest BCUT2D eigenvalue weighted by atomic mass is 32.2. The topological polar surface area (TPSA) is 55.6 Å². The molecule has 0 amide bonds. The van der Waals surface area contributed by atoms with E-state index in [1.54, 1.807) is 12.5 Å². The van der Waals surface area contributed by atoms with Crippen molar-refractivity contribution in [1.82, 2.24) is 9.88 Å². The zero-order valence-corrected chi connectivity index (χ0v) is 18.6. The minimum atomic E-state index is -1.03. The van der Waals surface area contributed by atoms with Crippen LogP contribution < -0.4 is 4.90 Å². The summed E-state index contributed by atoms with van der Waals surface area (Å²) in [5.74, 6) is 0. The van der Waals surface area contributed by atoms with Crippen molar-refractivity contribution in [1.29, 1.82) is 0 Å². The Morgan fingerprint density at radius 2 is 1.71 bits per heavy atom. The largest absolute Gasteiger partial charge is 0.612 e. The van der Waals surface area contributed by atoms with Gasteiger partial charge in [-0.3, -0.25) is 4.98 Å². The maximum absolute atomic E-state index is 11.8. The summed E-state index contributed by atoms with van der Waals surface area (Å²) in [4.78, 5) is 10.3. The van der Waals surface area contributed by atoms with E-state index in [9.17, 15) is 4.55 Å². The Morgan fingerprint density at radius 1 is 0.935 bits per heavy atom. The second-order valence-corrected chi connectivity index (χ2v) is 9.42. The molecule has 3 heterocycles. The van der Waals surface area contributed by atoms with E-state index in [-0.39, 0.29) is 0 Å².